The molecule has 0 aromatic heterocycles. The number of halogens is 1. The van der Waals surface area contributed by atoms with Gasteiger partial charge in [0, 0.05) is 17.1 Å². The maximum atomic E-state index is 11.7. The van der Waals surface area contributed by atoms with Gasteiger partial charge >= 0.3 is 6.09 Å². The normalized spacial score (nSPS) is 11.2. The van der Waals surface area contributed by atoms with Gasteiger partial charge < -0.3 is 10.1 Å². The average Bonchev–Trinajstić information content (AvgIpc) is 2.51. The van der Waals surface area contributed by atoms with E-state index in [9.17, 15) is 4.79 Å². The summed E-state index contributed by atoms with van der Waals surface area (Å²) in [6.45, 7) is 0.284. The lowest BCUT2D eigenvalue weighted by molar-refractivity contribution is 0.122. The fourth-order valence-corrected chi connectivity index (χ4v) is 1.98. The van der Waals surface area contributed by atoms with E-state index in [2.05, 4.69) is 5.32 Å². The molecule has 106 valence electrons. The van der Waals surface area contributed by atoms with Gasteiger partial charge in [-0.25, -0.2) is 4.79 Å². The largest absolute Gasteiger partial charge is 0.426 e. The molecule has 1 amide bonds. The van der Waals surface area contributed by atoms with Gasteiger partial charge in [0.2, 0.25) is 6.10 Å². The number of rotatable bonds is 4. The SMILES string of the molecule is N#CC(OC(=O)NCc1cccc(Cl)c1)c1ccccc1. The topological polar surface area (TPSA) is 62.1 Å². The van der Waals surface area contributed by atoms with Gasteiger partial charge in [-0.05, 0) is 17.7 Å². The summed E-state index contributed by atoms with van der Waals surface area (Å²) in [5, 5.41) is 12.3. The Kier molecular flexibility index (Phi) is 5.19. The van der Waals surface area contributed by atoms with Crippen molar-refractivity contribution in [2.24, 2.45) is 0 Å². The van der Waals surface area contributed by atoms with Crippen LogP contribution in [0.1, 0.15) is 17.2 Å². The molecule has 1 atom stereocenters. The molecule has 2 aromatic rings. The van der Waals surface area contributed by atoms with Gasteiger partial charge in [0.1, 0.15) is 6.07 Å². The van der Waals surface area contributed by atoms with E-state index in [1.54, 1.807) is 42.5 Å². The molecule has 0 spiro atoms. The molecule has 0 radical (unpaired) electrons. The number of nitrogens with one attached hydrogen (secondary N) is 1. The highest BCUT2D eigenvalue weighted by atomic mass is 35.5. The molecule has 0 aliphatic carbocycles. The monoisotopic (exact) mass is 300 g/mol. The third-order valence-electron chi connectivity index (χ3n) is 2.77. The minimum absolute atomic E-state index is 0.284. The number of hydrogen-bond acceptors (Lipinski definition) is 3. The van der Waals surface area contributed by atoms with Gasteiger partial charge in [-0.2, -0.15) is 5.26 Å². The van der Waals surface area contributed by atoms with E-state index < -0.39 is 12.2 Å². The van der Waals surface area contributed by atoms with E-state index in [1.165, 1.54) is 0 Å². The highest BCUT2D eigenvalue weighted by Crippen LogP contribution is 2.16. The van der Waals surface area contributed by atoms with Crippen LogP contribution in [0.15, 0.2) is 54.6 Å². The Bertz CT molecular complexity index is 653. The fraction of sp³-hybridized carbons (Fsp3) is 0.125. The zero-order valence-corrected chi connectivity index (χ0v) is 11.9. The summed E-state index contributed by atoms with van der Waals surface area (Å²) in [7, 11) is 0. The first-order chi connectivity index (χ1) is 10.2. The minimum atomic E-state index is -0.925. The first-order valence-corrected chi connectivity index (χ1v) is 6.70. The van der Waals surface area contributed by atoms with Crippen LogP contribution in [0, 0.1) is 11.3 Å². The lowest BCUT2D eigenvalue weighted by Crippen LogP contribution is -2.25. The van der Waals surface area contributed by atoms with Crippen molar-refractivity contribution in [3.8, 4) is 6.07 Å². The van der Waals surface area contributed by atoms with E-state index in [-0.39, 0.29) is 6.54 Å². The van der Waals surface area contributed by atoms with Crippen molar-refractivity contribution in [2.75, 3.05) is 0 Å². The lowest BCUT2D eigenvalue weighted by Gasteiger charge is -2.12. The summed E-state index contributed by atoms with van der Waals surface area (Å²) in [5.74, 6) is 0. The smallest absolute Gasteiger partial charge is 0.409 e. The van der Waals surface area contributed by atoms with E-state index in [0.29, 0.717) is 10.6 Å². The number of alkyl carbamates (subject to hydrolysis) is 1. The van der Waals surface area contributed by atoms with Crippen LogP contribution in [-0.2, 0) is 11.3 Å². The number of hydrogen-bond donors (Lipinski definition) is 1. The number of carbonyl (C=O) groups excluding carboxylic acids is 1. The molecule has 0 saturated carbocycles. The van der Waals surface area contributed by atoms with Gasteiger partial charge in [-0.1, -0.05) is 54.1 Å². The fourth-order valence-electron chi connectivity index (χ4n) is 1.77. The Labute approximate surface area is 127 Å². The highest BCUT2D eigenvalue weighted by Gasteiger charge is 2.15. The molecule has 1 N–H and O–H groups in total. The van der Waals surface area contributed by atoms with Gasteiger partial charge in [0.05, 0.1) is 0 Å². The maximum Gasteiger partial charge on any atom is 0.409 e. The molecule has 2 aromatic carbocycles. The number of nitrogens with zero attached hydrogens (tertiary/aromatic N) is 1. The molecule has 21 heavy (non-hydrogen) atoms. The van der Waals surface area contributed by atoms with Crippen molar-refractivity contribution >= 4 is 17.7 Å². The number of ether oxygens (including phenoxy) is 1. The Morgan fingerprint density at radius 1 is 1.24 bits per heavy atom. The van der Waals surface area contributed by atoms with E-state index >= 15 is 0 Å². The van der Waals surface area contributed by atoms with E-state index in [4.69, 9.17) is 21.6 Å². The van der Waals surface area contributed by atoms with Crippen molar-refractivity contribution in [1.82, 2.24) is 5.32 Å². The van der Waals surface area contributed by atoms with Crippen LogP contribution in [0.2, 0.25) is 5.02 Å². The van der Waals surface area contributed by atoms with Gasteiger partial charge in [0.15, 0.2) is 0 Å². The third-order valence-corrected chi connectivity index (χ3v) is 3.01. The van der Waals surface area contributed by atoms with Gasteiger partial charge in [-0.3, -0.25) is 0 Å². The molecular formula is C16H13ClN2O2. The molecule has 0 heterocycles. The first kappa shape index (κ1) is 14.9. The quantitative estimate of drug-likeness (QED) is 0.933. The summed E-state index contributed by atoms with van der Waals surface area (Å²) in [5.41, 5.74) is 1.49. The van der Waals surface area contributed by atoms with Crippen LogP contribution < -0.4 is 5.32 Å². The zero-order valence-electron chi connectivity index (χ0n) is 11.1. The molecule has 0 aliphatic rings. The second-order valence-electron chi connectivity index (χ2n) is 4.31. The van der Waals surface area contributed by atoms with Crippen molar-refractivity contribution in [3.63, 3.8) is 0 Å². The summed E-state index contributed by atoms with van der Waals surface area (Å²) < 4.78 is 5.09. The first-order valence-electron chi connectivity index (χ1n) is 6.32. The van der Waals surface area contributed by atoms with Crippen molar-refractivity contribution in [3.05, 3.63) is 70.7 Å². The summed E-state index contributed by atoms with van der Waals surface area (Å²) in [6.07, 6.45) is -1.57. The second kappa shape index (κ2) is 7.32. The molecule has 0 fully saturated rings. The Hall–Kier alpha value is -2.51. The number of nitriles is 1. The van der Waals surface area contributed by atoms with Crippen LogP contribution in [0.5, 0.6) is 0 Å². The second-order valence-corrected chi connectivity index (χ2v) is 4.75. The predicted molar refractivity (Wildman–Crippen MR) is 79.6 cm³/mol. The van der Waals surface area contributed by atoms with Crippen LogP contribution >= 0.6 is 11.6 Å². The van der Waals surface area contributed by atoms with E-state index in [1.807, 2.05) is 18.2 Å². The molecule has 0 aliphatic heterocycles. The molecular weight excluding hydrogens is 288 g/mol. The highest BCUT2D eigenvalue weighted by molar-refractivity contribution is 6.30. The van der Waals surface area contributed by atoms with E-state index in [0.717, 1.165) is 5.56 Å². The summed E-state index contributed by atoms with van der Waals surface area (Å²) in [6, 6.07) is 18.0. The van der Waals surface area contributed by atoms with Crippen LogP contribution in [0.4, 0.5) is 4.79 Å². The molecule has 0 bridgehead atoms. The predicted octanol–water partition coefficient (Wildman–Crippen LogP) is 3.83. The standard InChI is InChI=1S/C16H13ClN2O2/c17-14-8-4-5-12(9-14)11-19-16(20)21-15(10-18)13-6-2-1-3-7-13/h1-9,15H,11H2,(H,19,20). The summed E-state index contributed by atoms with van der Waals surface area (Å²) >= 11 is 5.86. The lowest BCUT2D eigenvalue weighted by atomic mass is 10.1. The Morgan fingerprint density at radius 3 is 2.67 bits per heavy atom. The molecule has 2 rings (SSSR count). The number of carbonyl (C=O) groups is 1. The zero-order chi connectivity index (χ0) is 15.1. The summed E-state index contributed by atoms with van der Waals surface area (Å²) in [4.78, 5) is 11.7. The van der Waals surface area contributed by atoms with Crippen molar-refractivity contribution in [1.29, 1.82) is 5.26 Å². The van der Waals surface area contributed by atoms with Crippen molar-refractivity contribution < 1.29 is 9.53 Å². The van der Waals surface area contributed by atoms with Crippen LogP contribution in [0.3, 0.4) is 0 Å². The van der Waals surface area contributed by atoms with Gasteiger partial charge in [-0.15, -0.1) is 0 Å². The molecule has 0 saturated heterocycles. The Balaban J connectivity index is 1.91. The Morgan fingerprint density at radius 2 is 2.00 bits per heavy atom. The van der Waals surface area contributed by atoms with Crippen molar-refractivity contribution in [2.45, 2.75) is 12.6 Å². The molecule has 5 heteroatoms. The van der Waals surface area contributed by atoms with Crippen LogP contribution in [-0.4, -0.2) is 6.09 Å². The number of amides is 1. The maximum absolute atomic E-state index is 11.7. The average molecular weight is 301 g/mol. The van der Waals surface area contributed by atoms with Gasteiger partial charge in [0.25, 0.3) is 0 Å². The molecule has 1 unspecified atom stereocenters. The minimum Gasteiger partial charge on any atom is -0.426 e. The van der Waals surface area contributed by atoms with Crippen LogP contribution in [0.25, 0.3) is 0 Å². The molecule has 4 nitrogen and oxygen atoms in total. The number of benzene rings is 2. The third kappa shape index (κ3) is 4.51.